The van der Waals surface area contributed by atoms with Gasteiger partial charge in [-0.05, 0) is 25.7 Å². The highest BCUT2D eigenvalue weighted by molar-refractivity contribution is 5.87. The molecule has 4 heteroatoms. The number of esters is 1. The van der Waals surface area contributed by atoms with Crippen molar-refractivity contribution in [1.82, 2.24) is 4.98 Å². The molecular weight excluding hydrogens is 230 g/mol. The number of rotatable bonds is 6. The Bertz CT molecular complexity index is 421. The Morgan fingerprint density at radius 1 is 1.50 bits per heavy atom. The Morgan fingerprint density at radius 2 is 2.22 bits per heavy atom. The quantitative estimate of drug-likeness (QED) is 0.728. The standard InChI is InChI=1S/C14H21NO3/c1-4-9(3)8-11-15-12(10-6-7-10)13(18-11)14(16)17-5-2/h9-10H,4-8H2,1-3H3. The highest BCUT2D eigenvalue weighted by Gasteiger charge is 2.34. The molecule has 0 aromatic carbocycles. The van der Waals surface area contributed by atoms with Crippen LogP contribution in [0.4, 0.5) is 0 Å². The van der Waals surface area contributed by atoms with E-state index in [0.717, 1.165) is 31.4 Å². The van der Waals surface area contributed by atoms with Gasteiger partial charge in [0.05, 0.1) is 12.3 Å². The van der Waals surface area contributed by atoms with E-state index < -0.39 is 0 Å². The molecule has 1 aliphatic rings. The molecule has 0 bridgehead atoms. The molecule has 4 nitrogen and oxygen atoms in total. The smallest absolute Gasteiger partial charge is 0.376 e. The number of carbonyl (C=O) groups is 1. The Balaban J connectivity index is 2.18. The topological polar surface area (TPSA) is 52.3 Å². The van der Waals surface area contributed by atoms with Gasteiger partial charge in [-0.15, -0.1) is 0 Å². The molecule has 1 aliphatic carbocycles. The van der Waals surface area contributed by atoms with Crippen molar-refractivity contribution in [1.29, 1.82) is 0 Å². The summed E-state index contributed by atoms with van der Waals surface area (Å²) in [6.07, 6.45) is 4.06. The molecule has 0 spiro atoms. The van der Waals surface area contributed by atoms with Gasteiger partial charge < -0.3 is 9.15 Å². The third-order valence-corrected chi connectivity index (χ3v) is 3.34. The van der Waals surface area contributed by atoms with Crippen LogP contribution in [0.2, 0.25) is 0 Å². The Kier molecular flexibility index (Phi) is 4.04. The molecule has 1 atom stereocenters. The molecule has 1 fully saturated rings. The molecule has 0 N–H and O–H groups in total. The average molecular weight is 251 g/mol. The van der Waals surface area contributed by atoms with Gasteiger partial charge in [0.15, 0.2) is 5.89 Å². The molecule has 0 aliphatic heterocycles. The van der Waals surface area contributed by atoms with Crippen LogP contribution in [-0.2, 0) is 11.2 Å². The number of aromatic nitrogens is 1. The van der Waals surface area contributed by atoms with Crippen molar-refractivity contribution in [3.63, 3.8) is 0 Å². The maximum Gasteiger partial charge on any atom is 0.376 e. The molecule has 1 unspecified atom stereocenters. The average Bonchev–Trinajstić information content (AvgIpc) is 3.11. The van der Waals surface area contributed by atoms with Crippen LogP contribution in [0.25, 0.3) is 0 Å². The highest BCUT2D eigenvalue weighted by Crippen LogP contribution is 2.41. The van der Waals surface area contributed by atoms with Gasteiger partial charge in [0, 0.05) is 12.3 Å². The number of carbonyl (C=O) groups excluding carboxylic acids is 1. The van der Waals surface area contributed by atoms with E-state index in [9.17, 15) is 4.79 Å². The summed E-state index contributed by atoms with van der Waals surface area (Å²) < 4.78 is 10.6. The van der Waals surface area contributed by atoms with Crippen LogP contribution in [0, 0.1) is 5.92 Å². The van der Waals surface area contributed by atoms with Crippen molar-refractivity contribution in [3.05, 3.63) is 17.3 Å². The minimum absolute atomic E-state index is 0.331. The van der Waals surface area contributed by atoms with Crippen LogP contribution in [0.3, 0.4) is 0 Å². The van der Waals surface area contributed by atoms with Crippen molar-refractivity contribution >= 4 is 5.97 Å². The zero-order chi connectivity index (χ0) is 13.1. The fraction of sp³-hybridized carbons (Fsp3) is 0.714. The predicted octanol–water partition coefficient (Wildman–Crippen LogP) is 3.32. The lowest BCUT2D eigenvalue weighted by atomic mass is 10.1. The van der Waals surface area contributed by atoms with Gasteiger partial charge in [-0.3, -0.25) is 0 Å². The van der Waals surface area contributed by atoms with Crippen molar-refractivity contribution in [2.24, 2.45) is 5.92 Å². The maximum absolute atomic E-state index is 11.8. The lowest BCUT2D eigenvalue weighted by molar-refractivity contribution is 0.0486. The molecule has 1 saturated carbocycles. The Labute approximate surface area is 108 Å². The first kappa shape index (κ1) is 13.1. The lowest BCUT2D eigenvalue weighted by Gasteiger charge is -2.03. The Hall–Kier alpha value is -1.32. The van der Waals surface area contributed by atoms with Gasteiger partial charge in [0.25, 0.3) is 0 Å². The van der Waals surface area contributed by atoms with E-state index in [4.69, 9.17) is 9.15 Å². The van der Waals surface area contributed by atoms with E-state index in [1.54, 1.807) is 6.92 Å². The van der Waals surface area contributed by atoms with Crippen molar-refractivity contribution in [2.75, 3.05) is 6.61 Å². The monoisotopic (exact) mass is 251 g/mol. The van der Waals surface area contributed by atoms with Crippen molar-refractivity contribution in [3.8, 4) is 0 Å². The summed E-state index contributed by atoms with van der Waals surface area (Å²) in [5.41, 5.74) is 0.812. The zero-order valence-corrected chi connectivity index (χ0v) is 11.4. The Morgan fingerprint density at radius 3 is 2.78 bits per heavy atom. The van der Waals surface area contributed by atoms with Crippen LogP contribution < -0.4 is 0 Å². The highest BCUT2D eigenvalue weighted by atomic mass is 16.5. The van der Waals surface area contributed by atoms with E-state index in [2.05, 4.69) is 18.8 Å². The van der Waals surface area contributed by atoms with Crippen LogP contribution in [-0.4, -0.2) is 17.6 Å². The van der Waals surface area contributed by atoms with E-state index in [0.29, 0.717) is 30.1 Å². The van der Waals surface area contributed by atoms with Crippen LogP contribution >= 0.6 is 0 Å². The van der Waals surface area contributed by atoms with E-state index in [1.807, 2.05) is 0 Å². The number of hydrogen-bond donors (Lipinski definition) is 0. The summed E-state index contributed by atoms with van der Waals surface area (Å²) in [7, 11) is 0. The minimum Gasteiger partial charge on any atom is -0.460 e. The summed E-state index contributed by atoms with van der Waals surface area (Å²) in [6, 6.07) is 0. The molecule has 1 heterocycles. The van der Waals surface area contributed by atoms with Crippen molar-refractivity contribution in [2.45, 2.75) is 52.4 Å². The molecular formula is C14H21NO3. The first-order valence-electron chi connectivity index (χ1n) is 6.82. The van der Waals surface area contributed by atoms with Gasteiger partial charge in [-0.1, -0.05) is 20.3 Å². The normalized spacial score (nSPS) is 16.6. The van der Waals surface area contributed by atoms with E-state index in [-0.39, 0.29) is 5.97 Å². The zero-order valence-electron chi connectivity index (χ0n) is 11.4. The molecule has 0 saturated heterocycles. The third kappa shape index (κ3) is 2.92. The molecule has 1 aromatic rings. The second-order valence-electron chi connectivity index (χ2n) is 5.03. The molecule has 0 amide bonds. The number of hydrogen-bond acceptors (Lipinski definition) is 4. The minimum atomic E-state index is -0.373. The summed E-state index contributed by atoms with van der Waals surface area (Å²) in [5, 5.41) is 0. The van der Waals surface area contributed by atoms with Gasteiger partial charge in [0.2, 0.25) is 5.76 Å². The molecule has 1 aromatic heterocycles. The predicted molar refractivity (Wildman–Crippen MR) is 67.6 cm³/mol. The second kappa shape index (κ2) is 5.55. The van der Waals surface area contributed by atoms with Gasteiger partial charge in [-0.2, -0.15) is 0 Å². The number of oxazole rings is 1. The fourth-order valence-electron chi connectivity index (χ4n) is 1.88. The van der Waals surface area contributed by atoms with Gasteiger partial charge >= 0.3 is 5.97 Å². The van der Waals surface area contributed by atoms with Gasteiger partial charge in [-0.25, -0.2) is 9.78 Å². The summed E-state index contributed by atoms with van der Waals surface area (Å²) in [6.45, 7) is 6.46. The van der Waals surface area contributed by atoms with Crippen molar-refractivity contribution < 1.29 is 13.9 Å². The van der Waals surface area contributed by atoms with E-state index in [1.165, 1.54) is 0 Å². The van der Waals surface area contributed by atoms with Crippen LogP contribution in [0.5, 0.6) is 0 Å². The maximum atomic E-state index is 11.8. The number of ether oxygens (including phenoxy) is 1. The molecule has 2 rings (SSSR count). The molecule has 18 heavy (non-hydrogen) atoms. The summed E-state index contributed by atoms with van der Waals surface area (Å²) in [5.74, 6) is 1.55. The largest absolute Gasteiger partial charge is 0.460 e. The fourth-order valence-corrected chi connectivity index (χ4v) is 1.88. The summed E-state index contributed by atoms with van der Waals surface area (Å²) in [4.78, 5) is 16.3. The first-order valence-corrected chi connectivity index (χ1v) is 6.82. The number of nitrogens with zero attached hydrogens (tertiary/aromatic N) is 1. The van der Waals surface area contributed by atoms with Gasteiger partial charge in [0.1, 0.15) is 0 Å². The molecule has 100 valence electrons. The molecule has 0 radical (unpaired) electrons. The first-order chi connectivity index (χ1) is 8.65. The third-order valence-electron chi connectivity index (χ3n) is 3.34. The second-order valence-corrected chi connectivity index (χ2v) is 5.03. The lowest BCUT2D eigenvalue weighted by Crippen LogP contribution is -2.05. The SMILES string of the molecule is CCOC(=O)c1oc(CC(C)CC)nc1C1CC1. The van der Waals surface area contributed by atoms with Crippen LogP contribution in [0.15, 0.2) is 4.42 Å². The summed E-state index contributed by atoms with van der Waals surface area (Å²) >= 11 is 0. The van der Waals surface area contributed by atoms with Crippen LogP contribution in [0.1, 0.15) is 68.1 Å². The van der Waals surface area contributed by atoms with E-state index >= 15 is 0 Å².